The van der Waals surface area contributed by atoms with Crippen LogP contribution in [0.4, 0.5) is 10.1 Å². The number of carbonyl (C=O) groups excluding carboxylic acids is 3. The molecule has 6 nitrogen and oxygen atoms in total. The average molecular weight is 432 g/mol. The summed E-state index contributed by atoms with van der Waals surface area (Å²) in [5.41, 5.74) is 1.08. The maximum atomic E-state index is 13.4. The van der Waals surface area contributed by atoms with E-state index in [9.17, 15) is 18.8 Å². The van der Waals surface area contributed by atoms with Crippen molar-refractivity contribution >= 4 is 39.3 Å². The number of hydrogen-bond donors (Lipinski definition) is 1. The molecule has 0 bridgehead atoms. The van der Waals surface area contributed by atoms with Gasteiger partial charge in [0.2, 0.25) is 5.91 Å². The zero-order valence-electron chi connectivity index (χ0n) is 14.1. The lowest BCUT2D eigenvalue weighted by Crippen LogP contribution is -2.59. The van der Waals surface area contributed by atoms with Crippen LogP contribution in [-0.2, 0) is 4.79 Å². The van der Waals surface area contributed by atoms with E-state index in [2.05, 4.69) is 21.2 Å². The molecular formula is C19H15BrFN3O3. The number of piperazine rings is 1. The molecule has 0 saturated carbocycles. The Labute approximate surface area is 163 Å². The molecule has 2 aliphatic rings. The third-order valence-electron chi connectivity index (χ3n) is 4.77. The van der Waals surface area contributed by atoms with E-state index in [0.717, 1.165) is 4.47 Å². The predicted octanol–water partition coefficient (Wildman–Crippen LogP) is 2.51. The van der Waals surface area contributed by atoms with Gasteiger partial charge in [-0.15, -0.1) is 0 Å². The number of nitrogens with zero attached hydrogens (tertiary/aromatic N) is 2. The van der Waals surface area contributed by atoms with Gasteiger partial charge in [-0.05, 0) is 36.4 Å². The largest absolute Gasteiger partial charge is 0.334 e. The molecule has 0 spiro atoms. The summed E-state index contributed by atoms with van der Waals surface area (Å²) in [6.07, 6.45) is 0. The first kappa shape index (κ1) is 17.7. The molecule has 1 atom stereocenters. The van der Waals surface area contributed by atoms with Crippen LogP contribution < -0.4 is 5.32 Å². The summed E-state index contributed by atoms with van der Waals surface area (Å²) >= 11 is 3.34. The van der Waals surface area contributed by atoms with Crippen molar-refractivity contribution < 1.29 is 18.8 Å². The summed E-state index contributed by atoms with van der Waals surface area (Å²) < 4.78 is 14.2. The molecule has 2 aliphatic heterocycles. The molecule has 0 radical (unpaired) electrons. The molecule has 3 amide bonds. The minimum absolute atomic E-state index is 0.0576. The Kier molecular flexibility index (Phi) is 4.43. The summed E-state index contributed by atoms with van der Waals surface area (Å²) in [7, 11) is 0. The van der Waals surface area contributed by atoms with Crippen LogP contribution in [0.15, 0.2) is 46.9 Å². The SMILES string of the molecule is O=C1Nc2ccc(Br)cc2C(=O)N2CCN(C(=O)c3cccc(F)c3)C[C@H]12. The van der Waals surface area contributed by atoms with Gasteiger partial charge in [0.1, 0.15) is 11.9 Å². The van der Waals surface area contributed by atoms with Crippen molar-refractivity contribution in [1.82, 2.24) is 9.80 Å². The molecule has 1 saturated heterocycles. The highest BCUT2D eigenvalue weighted by Crippen LogP contribution is 2.28. The maximum absolute atomic E-state index is 13.4. The van der Waals surface area contributed by atoms with Gasteiger partial charge >= 0.3 is 0 Å². The molecule has 138 valence electrons. The molecule has 2 aromatic carbocycles. The topological polar surface area (TPSA) is 69.7 Å². The van der Waals surface area contributed by atoms with E-state index < -0.39 is 11.9 Å². The molecule has 2 aromatic rings. The van der Waals surface area contributed by atoms with Gasteiger partial charge < -0.3 is 15.1 Å². The highest BCUT2D eigenvalue weighted by Gasteiger charge is 2.40. The normalized spacial score (nSPS) is 19.1. The Bertz CT molecular complexity index is 965. The molecule has 27 heavy (non-hydrogen) atoms. The lowest BCUT2D eigenvalue weighted by molar-refractivity contribution is -0.121. The van der Waals surface area contributed by atoms with Gasteiger partial charge in [-0.25, -0.2) is 4.39 Å². The number of benzene rings is 2. The van der Waals surface area contributed by atoms with Crippen LogP contribution in [0, 0.1) is 5.82 Å². The summed E-state index contributed by atoms with van der Waals surface area (Å²) in [5.74, 6) is -1.46. The van der Waals surface area contributed by atoms with Crippen LogP contribution in [-0.4, -0.2) is 53.2 Å². The number of halogens is 2. The Morgan fingerprint density at radius 2 is 1.96 bits per heavy atom. The number of rotatable bonds is 1. The van der Waals surface area contributed by atoms with Crippen LogP contribution >= 0.6 is 15.9 Å². The fourth-order valence-corrected chi connectivity index (χ4v) is 3.77. The minimum Gasteiger partial charge on any atom is -0.334 e. The molecule has 2 heterocycles. The number of fused-ring (bicyclic) bond motifs is 2. The lowest BCUT2D eigenvalue weighted by Gasteiger charge is -2.39. The molecule has 1 N–H and O–H groups in total. The molecule has 0 aliphatic carbocycles. The summed E-state index contributed by atoms with van der Waals surface area (Å²) in [6.45, 7) is 0.556. The van der Waals surface area contributed by atoms with Crippen molar-refractivity contribution in [2.45, 2.75) is 6.04 Å². The highest BCUT2D eigenvalue weighted by atomic mass is 79.9. The van der Waals surface area contributed by atoms with Gasteiger partial charge in [0.25, 0.3) is 11.8 Å². The quantitative estimate of drug-likeness (QED) is 0.753. The van der Waals surface area contributed by atoms with Gasteiger partial charge in [0, 0.05) is 23.1 Å². The minimum atomic E-state index is -0.796. The van der Waals surface area contributed by atoms with E-state index in [1.807, 2.05) is 0 Å². The van der Waals surface area contributed by atoms with Crippen molar-refractivity contribution in [3.05, 3.63) is 63.9 Å². The zero-order chi connectivity index (χ0) is 19.1. The standard InChI is InChI=1S/C19H15BrFN3O3/c20-12-4-5-15-14(9-12)19(27)24-7-6-23(10-16(24)17(25)22-15)18(26)11-2-1-3-13(21)8-11/h1-5,8-9,16H,6-7,10H2,(H,22,25)/t16-/m1/s1. The second kappa shape index (κ2) is 6.77. The van der Waals surface area contributed by atoms with E-state index in [4.69, 9.17) is 0 Å². The fraction of sp³-hybridized carbons (Fsp3) is 0.211. The number of carbonyl (C=O) groups is 3. The van der Waals surface area contributed by atoms with Crippen LogP contribution in [0.5, 0.6) is 0 Å². The third kappa shape index (κ3) is 3.21. The number of hydrogen-bond acceptors (Lipinski definition) is 3. The number of nitrogens with one attached hydrogen (secondary N) is 1. The molecule has 0 unspecified atom stereocenters. The third-order valence-corrected chi connectivity index (χ3v) is 5.27. The van der Waals surface area contributed by atoms with Crippen LogP contribution in [0.1, 0.15) is 20.7 Å². The smallest absolute Gasteiger partial charge is 0.256 e. The first-order chi connectivity index (χ1) is 12.9. The fourth-order valence-electron chi connectivity index (χ4n) is 3.41. The molecule has 4 rings (SSSR count). The Balaban J connectivity index is 1.61. The number of anilines is 1. The van der Waals surface area contributed by atoms with Gasteiger partial charge in [-0.2, -0.15) is 0 Å². The highest BCUT2D eigenvalue weighted by molar-refractivity contribution is 9.10. The lowest BCUT2D eigenvalue weighted by atomic mass is 10.1. The van der Waals surface area contributed by atoms with E-state index in [0.29, 0.717) is 11.3 Å². The number of amides is 3. The van der Waals surface area contributed by atoms with Gasteiger partial charge in [-0.3, -0.25) is 14.4 Å². The molecule has 1 fully saturated rings. The predicted molar refractivity (Wildman–Crippen MR) is 99.9 cm³/mol. The summed E-state index contributed by atoms with van der Waals surface area (Å²) in [4.78, 5) is 41.3. The van der Waals surface area contributed by atoms with Crippen molar-refractivity contribution in [2.24, 2.45) is 0 Å². The molecular weight excluding hydrogens is 417 g/mol. The first-order valence-corrected chi connectivity index (χ1v) is 9.19. The average Bonchev–Trinajstić information content (AvgIpc) is 2.76. The monoisotopic (exact) mass is 431 g/mol. The van der Waals surface area contributed by atoms with Gasteiger partial charge in [-0.1, -0.05) is 22.0 Å². The van der Waals surface area contributed by atoms with E-state index in [-0.39, 0.29) is 42.9 Å². The van der Waals surface area contributed by atoms with Crippen molar-refractivity contribution in [2.75, 3.05) is 25.0 Å². The maximum Gasteiger partial charge on any atom is 0.256 e. The second-order valence-corrected chi connectivity index (χ2v) is 7.37. The zero-order valence-corrected chi connectivity index (χ0v) is 15.7. The molecule has 0 aromatic heterocycles. The van der Waals surface area contributed by atoms with E-state index >= 15 is 0 Å². The Morgan fingerprint density at radius 3 is 2.74 bits per heavy atom. The van der Waals surface area contributed by atoms with E-state index in [1.54, 1.807) is 18.2 Å². The summed E-state index contributed by atoms with van der Waals surface area (Å²) in [5, 5.41) is 2.77. The van der Waals surface area contributed by atoms with Crippen molar-refractivity contribution in [1.29, 1.82) is 0 Å². The Morgan fingerprint density at radius 1 is 1.15 bits per heavy atom. The molecule has 8 heteroatoms. The van der Waals surface area contributed by atoms with Crippen molar-refractivity contribution in [3.63, 3.8) is 0 Å². The van der Waals surface area contributed by atoms with Crippen LogP contribution in [0.25, 0.3) is 0 Å². The van der Waals surface area contributed by atoms with Crippen LogP contribution in [0.2, 0.25) is 0 Å². The second-order valence-electron chi connectivity index (χ2n) is 6.46. The van der Waals surface area contributed by atoms with E-state index in [1.165, 1.54) is 34.1 Å². The van der Waals surface area contributed by atoms with Crippen molar-refractivity contribution in [3.8, 4) is 0 Å². The Hall–Kier alpha value is -2.74. The van der Waals surface area contributed by atoms with Gasteiger partial charge in [0.05, 0.1) is 17.8 Å². The van der Waals surface area contributed by atoms with Crippen LogP contribution in [0.3, 0.4) is 0 Å². The van der Waals surface area contributed by atoms with Gasteiger partial charge in [0.15, 0.2) is 0 Å². The first-order valence-electron chi connectivity index (χ1n) is 8.40. The summed E-state index contributed by atoms with van der Waals surface area (Å²) in [6, 6.07) is 9.72.